The van der Waals surface area contributed by atoms with Crippen molar-refractivity contribution in [2.45, 2.75) is 6.92 Å². The first-order valence-electron chi connectivity index (χ1n) is 4.73. The Balaban J connectivity index is 2.13. The van der Waals surface area contributed by atoms with E-state index in [4.69, 9.17) is 4.74 Å². The Kier molecular flexibility index (Phi) is 4.18. The Morgan fingerprint density at radius 2 is 2.38 bits per heavy atom. The predicted octanol–water partition coefficient (Wildman–Crippen LogP) is -0.395. The van der Waals surface area contributed by atoms with Gasteiger partial charge in [0.1, 0.15) is 0 Å². The maximum Gasteiger partial charge on any atom is 0.223 e. The molecule has 1 rings (SSSR count). The summed E-state index contributed by atoms with van der Waals surface area (Å²) in [6.07, 6.45) is 0. The van der Waals surface area contributed by atoms with Gasteiger partial charge >= 0.3 is 0 Å². The van der Waals surface area contributed by atoms with Crippen molar-refractivity contribution in [2.75, 3.05) is 33.4 Å². The molecule has 76 valence electrons. The first-order chi connectivity index (χ1) is 6.25. The van der Waals surface area contributed by atoms with Crippen molar-refractivity contribution >= 4 is 5.91 Å². The van der Waals surface area contributed by atoms with E-state index in [-0.39, 0.29) is 11.8 Å². The van der Waals surface area contributed by atoms with Crippen molar-refractivity contribution in [3.63, 3.8) is 0 Å². The summed E-state index contributed by atoms with van der Waals surface area (Å²) in [4.78, 5) is 11.5. The topological polar surface area (TPSA) is 50.4 Å². The summed E-state index contributed by atoms with van der Waals surface area (Å²) in [5, 5.41) is 6.00. The van der Waals surface area contributed by atoms with Gasteiger partial charge in [0.15, 0.2) is 0 Å². The number of ether oxygens (including phenoxy) is 1. The number of amides is 1. The molecule has 2 N–H and O–H groups in total. The third-order valence-corrected chi connectivity index (χ3v) is 2.54. The van der Waals surface area contributed by atoms with Crippen LogP contribution in [0.4, 0.5) is 0 Å². The van der Waals surface area contributed by atoms with Gasteiger partial charge in [0.05, 0.1) is 6.61 Å². The van der Waals surface area contributed by atoms with Crippen molar-refractivity contribution < 1.29 is 9.53 Å². The Bertz CT molecular complexity index is 169. The van der Waals surface area contributed by atoms with Gasteiger partial charge in [-0.2, -0.15) is 0 Å². The number of rotatable bonds is 5. The van der Waals surface area contributed by atoms with E-state index in [9.17, 15) is 4.79 Å². The summed E-state index contributed by atoms with van der Waals surface area (Å²) in [7, 11) is 1.63. The number of carbonyl (C=O) groups excluding carboxylic acids is 1. The van der Waals surface area contributed by atoms with Crippen molar-refractivity contribution in [1.82, 2.24) is 10.6 Å². The zero-order valence-electron chi connectivity index (χ0n) is 8.30. The largest absolute Gasteiger partial charge is 0.383 e. The predicted molar refractivity (Wildman–Crippen MR) is 50.4 cm³/mol. The molecular weight excluding hydrogens is 168 g/mol. The van der Waals surface area contributed by atoms with Gasteiger partial charge in [-0.1, -0.05) is 6.92 Å². The number of hydrogen-bond donors (Lipinski definition) is 2. The second kappa shape index (κ2) is 5.19. The summed E-state index contributed by atoms with van der Waals surface area (Å²) in [5.41, 5.74) is 0. The van der Waals surface area contributed by atoms with Gasteiger partial charge in [0, 0.05) is 19.6 Å². The van der Waals surface area contributed by atoms with E-state index < -0.39 is 0 Å². The third-order valence-electron chi connectivity index (χ3n) is 2.54. The molecule has 4 nitrogen and oxygen atoms in total. The maximum atomic E-state index is 11.5. The van der Waals surface area contributed by atoms with Crippen LogP contribution in [0.25, 0.3) is 0 Å². The number of carbonyl (C=O) groups is 1. The van der Waals surface area contributed by atoms with Crippen molar-refractivity contribution in [3.05, 3.63) is 0 Å². The molecule has 1 aliphatic heterocycles. The van der Waals surface area contributed by atoms with Crippen LogP contribution >= 0.6 is 0 Å². The molecular formula is C9H18N2O2. The standard InChI is InChI=1S/C9H18N2O2/c1-7(8-5-10-6-8)9(12)11-3-4-13-2/h7-8,10H,3-6H2,1-2H3,(H,11,12). The molecule has 1 atom stereocenters. The van der Waals surface area contributed by atoms with Crippen LogP contribution < -0.4 is 10.6 Å². The lowest BCUT2D eigenvalue weighted by Crippen LogP contribution is -2.49. The SMILES string of the molecule is COCCNC(=O)C(C)C1CNC1. The van der Waals surface area contributed by atoms with E-state index in [0.717, 1.165) is 13.1 Å². The highest BCUT2D eigenvalue weighted by molar-refractivity contribution is 5.78. The Labute approximate surface area is 79.0 Å². The minimum absolute atomic E-state index is 0.123. The van der Waals surface area contributed by atoms with E-state index >= 15 is 0 Å². The van der Waals surface area contributed by atoms with Gasteiger partial charge in [-0.15, -0.1) is 0 Å². The zero-order chi connectivity index (χ0) is 9.68. The summed E-state index contributed by atoms with van der Waals surface area (Å²) in [5.74, 6) is 0.782. The molecule has 13 heavy (non-hydrogen) atoms. The molecule has 0 saturated carbocycles. The molecule has 1 amide bonds. The van der Waals surface area contributed by atoms with E-state index in [1.807, 2.05) is 6.92 Å². The molecule has 1 heterocycles. The summed E-state index contributed by atoms with van der Waals surface area (Å²) < 4.78 is 4.85. The van der Waals surface area contributed by atoms with Crippen LogP contribution in [0.2, 0.25) is 0 Å². The molecule has 4 heteroatoms. The lowest BCUT2D eigenvalue weighted by molar-refractivity contribution is -0.126. The van der Waals surface area contributed by atoms with Crippen LogP contribution in [0, 0.1) is 11.8 Å². The fourth-order valence-corrected chi connectivity index (χ4v) is 1.32. The number of nitrogens with one attached hydrogen (secondary N) is 2. The van der Waals surface area contributed by atoms with Gasteiger partial charge < -0.3 is 15.4 Å². The second-order valence-corrected chi connectivity index (χ2v) is 3.49. The van der Waals surface area contributed by atoms with Crippen LogP contribution in [-0.4, -0.2) is 39.3 Å². The molecule has 1 fully saturated rings. The summed E-state index contributed by atoms with van der Waals surface area (Å²) in [6.45, 7) is 5.12. The van der Waals surface area contributed by atoms with Crippen LogP contribution in [-0.2, 0) is 9.53 Å². The van der Waals surface area contributed by atoms with E-state index in [1.54, 1.807) is 7.11 Å². The lowest BCUT2D eigenvalue weighted by atomic mass is 9.88. The number of hydrogen-bond acceptors (Lipinski definition) is 3. The lowest BCUT2D eigenvalue weighted by Gasteiger charge is -2.31. The van der Waals surface area contributed by atoms with E-state index in [2.05, 4.69) is 10.6 Å². The van der Waals surface area contributed by atoms with E-state index in [0.29, 0.717) is 19.1 Å². The molecule has 1 unspecified atom stereocenters. The molecule has 1 aliphatic rings. The second-order valence-electron chi connectivity index (χ2n) is 3.49. The maximum absolute atomic E-state index is 11.5. The average Bonchev–Trinajstić information content (AvgIpc) is 2.01. The van der Waals surface area contributed by atoms with Crippen LogP contribution in [0.5, 0.6) is 0 Å². The molecule has 0 aromatic carbocycles. The zero-order valence-corrected chi connectivity index (χ0v) is 8.30. The van der Waals surface area contributed by atoms with Gasteiger partial charge in [-0.3, -0.25) is 4.79 Å². The van der Waals surface area contributed by atoms with Crippen LogP contribution in [0.3, 0.4) is 0 Å². The monoisotopic (exact) mass is 186 g/mol. The number of methoxy groups -OCH3 is 1. The first kappa shape index (κ1) is 10.5. The Hall–Kier alpha value is -0.610. The molecule has 0 radical (unpaired) electrons. The minimum Gasteiger partial charge on any atom is -0.383 e. The highest BCUT2D eigenvalue weighted by atomic mass is 16.5. The minimum atomic E-state index is 0.123. The van der Waals surface area contributed by atoms with Gasteiger partial charge in [0.25, 0.3) is 0 Å². The van der Waals surface area contributed by atoms with Crippen molar-refractivity contribution in [2.24, 2.45) is 11.8 Å². The molecule has 0 spiro atoms. The third kappa shape index (κ3) is 2.97. The van der Waals surface area contributed by atoms with Gasteiger partial charge in [-0.25, -0.2) is 0 Å². The van der Waals surface area contributed by atoms with Crippen molar-refractivity contribution in [3.8, 4) is 0 Å². The van der Waals surface area contributed by atoms with Gasteiger partial charge in [-0.05, 0) is 19.0 Å². The van der Waals surface area contributed by atoms with Crippen molar-refractivity contribution in [1.29, 1.82) is 0 Å². The fourth-order valence-electron chi connectivity index (χ4n) is 1.32. The fraction of sp³-hybridized carbons (Fsp3) is 0.889. The molecule has 0 aromatic heterocycles. The summed E-state index contributed by atoms with van der Waals surface area (Å²) >= 11 is 0. The average molecular weight is 186 g/mol. The molecule has 0 bridgehead atoms. The molecule has 1 saturated heterocycles. The normalized spacial score (nSPS) is 19.2. The quantitative estimate of drug-likeness (QED) is 0.575. The highest BCUT2D eigenvalue weighted by Gasteiger charge is 2.28. The van der Waals surface area contributed by atoms with E-state index in [1.165, 1.54) is 0 Å². The van der Waals surface area contributed by atoms with Crippen LogP contribution in [0.15, 0.2) is 0 Å². The Morgan fingerprint density at radius 1 is 1.69 bits per heavy atom. The smallest absolute Gasteiger partial charge is 0.223 e. The highest BCUT2D eigenvalue weighted by Crippen LogP contribution is 2.15. The van der Waals surface area contributed by atoms with Gasteiger partial charge in [0.2, 0.25) is 5.91 Å². The molecule has 0 aliphatic carbocycles. The Morgan fingerprint density at radius 3 is 2.85 bits per heavy atom. The van der Waals surface area contributed by atoms with Crippen LogP contribution in [0.1, 0.15) is 6.92 Å². The molecule has 0 aromatic rings. The summed E-state index contributed by atoms with van der Waals surface area (Å²) in [6, 6.07) is 0. The first-order valence-corrected chi connectivity index (χ1v) is 4.73.